The molecule has 2 aromatic carbocycles. The van der Waals surface area contributed by atoms with Gasteiger partial charge in [-0.2, -0.15) is 0 Å². The average molecular weight is 311 g/mol. The monoisotopic (exact) mass is 311 g/mol. The standard InChI is InChI=1S/C15H15F2NO2S/c1-9-7-12(14(17)8-13(9)16)15(18)10-3-5-11(6-4-10)21(2,19)20/h3-8,15H,18H2,1-2H3. The summed E-state index contributed by atoms with van der Waals surface area (Å²) in [5.74, 6) is -1.35. The summed E-state index contributed by atoms with van der Waals surface area (Å²) in [5, 5.41) is 0. The maximum Gasteiger partial charge on any atom is 0.175 e. The smallest absolute Gasteiger partial charge is 0.175 e. The van der Waals surface area contributed by atoms with Gasteiger partial charge >= 0.3 is 0 Å². The molecule has 21 heavy (non-hydrogen) atoms. The van der Waals surface area contributed by atoms with Crippen molar-refractivity contribution in [1.29, 1.82) is 0 Å². The highest BCUT2D eigenvalue weighted by Gasteiger charge is 2.16. The number of benzene rings is 2. The van der Waals surface area contributed by atoms with E-state index in [9.17, 15) is 17.2 Å². The molecule has 1 unspecified atom stereocenters. The lowest BCUT2D eigenvalue weighted by molar-refractivity contribution is 0.560. The Morgan fingerprint density at radius 3 is 2.14 bits per heavy atom. The van der Waals surface area contributed by atoms with Crippen molar-refractivity contribution in [2.45, 2.75) is 17.9 Å². The first-order valence-electron chi connectivity index (χ1n) is 6.21. The van der Waals surface area contributed by atoms with Crippen LogP contribution in [0.5, 0.6) is 0 Å². The van der Waals surface area contributed by atoms with Crippen molar-refractivity contribution in [3.8, 4) is 0 Å². The van der Waals surface area contributed by atoms with Gasteiger partial charge in [0.1, 0.15) is 11.6 Å². The van der Waals surface area contributed by atoms with Crippen molar-refractivity contribution in [2.75, 3.05) is 6.26 Å². The van der Waals surface area contributed by atoms with Crippen molar-refractivity contribution in [2.24, 2.45) is 5.73 Å². The van der Waals surface area contributed by atoms with Crippen LogP contribution in [0.15, 0.2) is 41.3 Å². The van der Waals surface area contributed by atoms with E-state index in [0.29, 0.717) is 11.1 Å². The molecule has 0 heterocycles. The van der Waals surface area contributed by atoms with Crippen LogP contribution < -0.4 is 5.73 Å². The Morgan fingerprint density at radius 2 is 1.62 bits per heavy atom. The third-order valence-electron chi connectivity index (χ3n) is 3.28. The van der Waals surface area contributed by atoms with E-state index in [4.69, 9.17) is 5.73 Å². The van der Waals surface area contributed by atoms with Gasteiger partial charge in [-0.25, -0.2) is 17.2 Å². The third-order valence-corrected chi connectivity index (χ3v) is 4.41. The Morgan fingerprint density at radius 1 is 1.05 bits per heavy atom. The fraction of sp³-hybridized carbons (Fsp3) is 0.200. The molecular weight excluding hydrogens is 296 g/mol. The van der Waals surface area contributed by atoms with Gasteiger partial charge in [-0.15, -0.1) is 0 Å². The van der Waals surface area contributed by atoms with Crippen LogP contribution in [-0.4, -0.2) is 14.7 Å². The maximum atomic E-state index is 13.8. The van der Waals surface area contributed by atoms with Gasteiger partial charge in [-0.3, -0.25) is 0 Å². The van der Waals surface area contributed by atoms with Crippen molar-refractivity contribution < 1.29 is 17.2 Å². The van der Waals surface area contributed by atoms with Crippen molar-refractivity contribution in [3.63, 3.8) is 0 Å². The molecule has 0 aliphatic heterocycles. The third kappa shape index (κ3) is 3.28. The first kappa shape index (κ1) is 15.6. The Balaban J connectivity index is 2.41. The van der Waals surface area contributed by atoms with E-state index in [1.54, 1.807) is 0 Å². The van der Waals surface area contributed by atoms with E-state index in [2.05, 4.69) is 0 Å². The van der Waals surface area contributed by atoms with Crippen LogP contribution in [0.2, 0.25) is 0 Å². The molecular formula is C15H15F2NO2S. The van der Waals surface area contributed by atoms with E-state index in [1.807, 2.05) is 0 Å². The molecule has 0 spiro atoms. The maximum absolute atomic E-state index is 13.8. The Kier molecular flexibility index (Phi) is 4.11. The number of hydrogen-bond donors (Lipinski definition) is 1. The van der Waals surface area contributed by atoms with Gasteiger partial charge < -0.3 is 5.73 Å². The molecule has 2 aromatic rings. The molecule has 0 aliphatic rings. The molecule has 3 nitrogen and oxygen atoms in total. The largest absolute Gasteiger partial charge is 0.320 e. The molecule has 0 saturated carbocycles. The summed E-state index contributed by atoms with van der Waals surface area (Å²) < 4.78 is 49.9. The number of aryl methyl sites for hydroxylation is 1. The van der Waals surface area contributed by atoms with Crippen LogP contribution in [0.4, 0.5) is 8.78 Å². The van der Waals surface area contributed by atoms with Crippen molar-refractivity contribution in [1.82, 2.24) is 0 Å². The van der Waals surface area contributed by atoms with Crippen LogP contribution in [0.1, 0.15) is 22.7 Å². The Hall–Kier alpha value is -1.79. The number of rotatable bonds is 3. The predicted molar refractivity (Wildman–Crippen MR) is 76.7 cm³/mol. The summed E-state index contributed by atoms with van der Waals surface area (Å²) in [6.45, 7) is 1.53. The quantitative estimate of drug-likeness (QED) is 0.948. The molecule has 2 rings (SSSR count). The molecule has 0 fully saturated rings. The molecule has 0 amide bonds. The van der Waals surface area contributed by atoms with Crippen LogP contribution >= 0.6 is 0 Å². The van der Waals surface area contributed by atoms with Crippen LogP contribution in [0.25, 0.3) is 0 Å². The number of sulfone groups is 1. The van der Waals surface area contributed by atoms with Gasteiger partial charge in [-0.05, 0) is 36.2 Å². The van der Waals surface area contributed by atoms with E-state index < -0.39 is 27.5 Å². The second kappa shape index (κ2) is 5.54. The topological polar surface area (TPSA) is 60.2 Å². The lowest BCUT2D eigenvalue weighted by atomic mass is 9.97. The first-order chi connectivity index (χ1) is 9.70. The zero-order valence-electron chi connectivity index (χ0n) is 11.6. The first-order valence-corrected chi connectivity index (χ1v) is 8.10. The SMILES string of the molecule is Cc1cc(C(N)c2ccc(S(C)(=O)=O)cc2)c(F)cc1F. The minimum Gasteiger partial charge on any atom is -0.320 e. The number of halogens is 2. The molecule has 0 radical (unpaired) electrons. The molecule has 6 heteroatoms. The fourth-order valence-electron chi connectivity index (χ4n) is 2.02. The summed E-state index contributed by atoms with van der Waals surface area (Å²) >= 11 is 0. The van der Waals surface area contributed by atoms with Crippen molar-refractivity contribution in [3.05, 3.63) is 64.7 Å². The minimum absolute atomic E-state index is 0.161. The number of nitrogens with two attached hydrogens (primary N) is 1. The fourth-order valence-corrected chi connectivity index (χ4v) is 2.65. The predicted octanol–water partition coefficient (Wildman–Crippen LogP) is 2.72. The highest BCUT2D eigenvalue weighted by molar-refractivity contribution is 7.90. The molecule has 0 aromatic heterocycles. The van der Waals surface area contributed by atoms with Gasteiger partial charge in [0.25, 0.3) is 0 Å². The molecule has 0 saturated heterocycles. The Bertz CT molecular complexity index is 771. The highest BCUT2D eigenvalue weighted by Crippen LogP contribution is 2.25. The lowest BCUT2D eigenvalue weighted by Crippen LogP contribution is -2.14. The molecule has 112 valence electrons. The Labute approximate surface area is 122 Å². The molecule has 0 aliphatic carbocycles. The zero-order valence-corrected chi connectivity index (χ0v) is 12.4. The average Bonchev–Trinajstić information content (AvgIpc) is 2.41. The van der Waals surface area contributed by atoms with E-state index in [-0.39, 0.29) is 10.5 Å². The summed E-state index contributed by atoms with van der Waals surface area (Å²) in [6.07, 6.45) is 1.10. The van der Waals surface area contributed by atoms with E-state index >= 15 is 0 Å². The summed E-state index contributed by atoms with van der Waals surface area (Å²) in [4.78, 5) is 0.161. The van der Waals surface area contributed by atoms with E-state index in [1.165, 1.54) is 37.3 Å². The van der Waals surface area contributed by atoms with Gasteiger partial charge in [0.05, 0.1) is 10.9 Å². The van der Waals surface area contributed by atoms with Gasteiger partial charge in [0.15, 0.2) is 9.84 Å². The molecule has 0 bridgehead atoms. The lowest BCUT2D eigenvalue weighted by Gasteiger charge is -2.15. The van der Waals surface area contributed by atoms with Crippen LogP contribution in [0, 0.1) is 18.6 Å². The summed E-state index contributed by atoms with van der Waals surface area (Å²) in [5.41, 5.74) is 7.00. The molecule has 2 N–H and O–H groups in total. The molecule has 1 atom stereocenters. The summed E-state index contributed by atoms with van der Waals surface area (Å²) in [7, 11) is -3.29. The van der Waals surface area contributed by atoms with E-state index in [0.717, 1.165) is 12.3 Å². The second-order valence-electron chi connectivity index (χ2n) is 4.94. The zero-order chi connectivity index (χ0) is 15.8. The van der Waals surface area contributed by atoms with Crippen LogP contribution in [0.3, 0.4) is 0 Å². The van der Waals surface area contributed by atoms with Gasteiger partial charge in [0.2, 0.25) is 0 Å². The minimum atomic E-state index is -3.29. The summed E-state index contributed by atoms with van der Waals surface area (Å²) in [6, 6.07) is 7.25. The van der Waals surface area contributed by atoms with Crippen molar-refractivity contribution >= 4 is 9.84 Å². The van der Waals surface area contributed by atoms with Gasteiger partial charge in [-0.1, -0.05) is 12.1 Å². The highest BCUT2D eigenvalue weighted by atomic mass is 32.2. The normalized spacial score (nSPS) is 13.2. The second-order valence-corrected chi connectivity index (χ2v) is 6.96. The number of hydrogen-bond acceptors (Lipinski definition) is 3. The van der Waals surface area contributed by atoms with Crippen LogP contribution in [-0.2, 0) is 9.84 Å². The van der Waals surface area contributed by atoms with Gasteiger partial charge in [0, 0.05) is 17.9 Å².